The second-order valence-electron chi connectivity index (χ2n) is 10.1. The molecule has 0 fully saturated rings. The molecule has 2 unspecified atom stereocenters. The van der Waals surface area contributed by atoms with Gasteiger partial charge in [-0.25, -0.2) is 0 Å². The predicted octanol–water partition coefficient (Wildman–Crippen LogP) is 2.53. The Morgan fingerprint density at radius 1 is 0.848 bits per heavy atom. The van der Waals surface area contributed by atoms with Gasteiger partial charge in [0.15, 0.2) is 6.10 Å². The van der Waals surface area contributed by atoms with E-state index in [-0.39, 0.29) is 6.42 Å². The van der Waals surface area contributed by atoms with E-state index in [0.29, 0.717) is 11.3 Å². The van der Waals surface area contributed by atoms with Crippen LogP contribution >= 0.6 is 11.8 Å². The summed E-state index contributed by atoms with van der Waals surface area (Å²) in [5, 5.41) is 18.7. The van der Waals surface area contributed by atoms with Crippen LogP contribution in [0, 0.1) is 0 Å². The van der Waals surface area contributed by atoms with E-state index in [1.165, 1.54) is 18.2 Å². The lowest BCUT2D eigenvalue weighted by atomic mass is 10.0. The Bertz CT molecular complexity index is 1270. The summed E-state index contributed by atoms with van der Waals surface area (Å²) in [6, 6.07) is 13.3. The van der Waals surface area contributed by atoms with Gasteiger partial charge in [0.05, 0.1) is 19.1 Å². The van der Waals surface area contributed by atoms with Crippen molar-refractivity contribution in [3.63, 3.8) is 0 Å². The quantitative estimate of drug-likeness (QED) is 0.159. The number of benzene rings is 2. The molecule has 0 aliphatic rings. The Labute approximate surface area is 270 Å². The Kier molecular flexibility index (Phi) is 18.1. The number of carbonyl (C=O) groups is 5. The molecule has 0 spiro atoms. The van der Waals surface area contributed by atoms with Crippen molar-refractivity contribution in [2.45, 2.75) is 63.9 Å². The Hall–Kier alpha value is -4.11. The lowest BCUT2D eigenvalue weighted by Crippen LogP contribution is -2.54. The maximum absolute atomic E-state index is 13.0. The van der Waals surface area contributed by atoms with Gasteiger partial charge < -0.3 is 32.1 Å². The van der Waals surface area contributed by atoms with E-state index in [1.54, 1.807) is 30.5 Å². The summed E-state index contributed by atoms with van der Waals surface area (Å²) in [4.78, 5) is 60.9. The number of amides is 5. The van der Waals surface area contributed by atoms with Crippen LogP contribution in [0.15, 0.2) is 54.6 Å². The molecule has 7 N–H and O–H groups in total. The highest BCUT2D eigenvalue weighted by Crippen LogP contribution is 2.24. The number of thioether (sulfide) groups is 1. The van der Waals surface area contributed by atoms with Crippen molar-refractivity contribution in [1.82, 2.24) is 21.3 Å². The highest BCUT2D eigenvalue weighted by Gasteiger charge is 2.44. The maximum Gasteiger partial charge on any atom is 0.416 e. The molecule has 2 rings (SSSR count). The maximum atomic E-state index is 13.0. The zero-order chi connectivity index (χ0) is 34.7. The van der Waals surface area contributed by atoms with Crippen LogP contribution in [0.2, 0.25) is 0 Å². The second-order valence-corrected chi connectivity index (χ2v) is 11.1. The summed E-state index contributed by atoms with van der Waals surface area (Å²) in [5.41, 5.74) is 7.15. The SMILES string of the molecule is CCC.CSCC[C@H](NC(=O)CNC(=O)c1ccc(-c2ccccc2)cc1)C(=O)NCC(=O)NC(CCC(N)=O)C(O)C(F)(F)F. The fraction of sp³-hybridized carbons (Fsp3) is 0.452. The lowest BCUT2D eigenvalue weighted by molar-refractivity contribution is -0.212. The summed E-state index contributed by atoms with van der Waals surface area (Å²) < 4.78 is 38.9. The first-order valence-electron chi connectivity index (χ1n) is 14.5. The van der Waals surface area contributed by atoms with Crippen LogP contribution in [0.3, 0.4) is 0 Å². The standard InChI is InChI=1S/C28H34F3N5O6S.C3H8/c1-43-14-13-21(27(42)34-16-23(38)35-20(11-12-22(32)37)25(40)28(29,30)31)36-24(39)15-33-26(41)19-9-7-18(8-10-19)17-5-3-2-4-6-17;1-3-2/h2-10,20-21,25,40H,11-16H2,1H3,(H2,32,37)(H,33,41)(H,34,42)(H,35,38)(H,36,39);3H2,1-2H3/t20?,21-,25?;/m0./s1. The number of halogens is 3. The normalized spacial score (nSPS) is 12.8. The fourth-order valence-electron chi connectivity index (χ4n) is 3.84. The van der Waals surface area contributed by atoms with Gasteiger partial charge in [-0.15, -0.1) is 0 Å². The van der Waals surface area contributed by atoms with E-state index in [1.807, 2.05) is 35.6 Å². The van der Waals surface area contributed by atoms with E-state index >= 15 is 0 Å². The molecule has 2 aromatic carbocycles. The second kappa shape index (κ2) is 20.8. The highest BCUT2D eigenvalue weighted by atomic mass is 32.2. The van der Waals surface area contributed by atoms with Crippen LogP contribution in [0.5, 0.6) is 0 Å². The minimum Gasteiger partial charge on any atom is -0.382 e. The van der Waals surface area contributed by atoms with Crippen molar-refractivity contribution in [1.29, 1.82) is 0 Å². The smallest absolute Gasteiger partial charge is 0.382 e. The van der Waals surface area contributed by atoms with Gasteiger partial charge in [0.2, 0.25) is 23.6 Å². The summed E-state index contributed by atoms with van der Waals surface area (Å²) in [7, 11) is 0. The minimum absolute atomic E-state index is 0.156. The van der Waals surface area contributed by atoms with Gasteiger partial charge in [0.1, 0.15) is 6.04 Å². The van der Waals surface area contributed by atoms with Gasteiger partial charge in [-0.3, -0.25) is 24.0 Å². The van der Waals surface area contributed by atoms with Crippen LogP contribution in [0.4, 0.5) is 13.2 Å². The van der Waals surface area contributed by atoms with Crippen molar-refractivity contribution in [3.8, 4) is 11.1 Å². The average molecular weight is 670 g/mol. The number of primary amides is 1. The van der Waals surface area contributed by atoms with E-state index in [9.17, 15) is 42.3 Å². The van der Waals surface area contributed by atoms with Gasteiger partial charge in [0, 0.05) is 12.0 Å². The monoisotopic (exact) mass is 669 g/mol. The number of nitrogens with one attached hydrogen (secondary N) is 4. The number of aliphatic hydroxyl groups is 1. The Balaban J connectivity index is 0.00000338. The zero-order valence-corrected chi connectivity index (χ0v) is 26.8. The number of alkyl halides is 3. The van der Waals surface area contributed by atoms with Gasteiger partial charge in [-0.05, 0) is 48.1 Å². The van der Waals surface area contributed by atoms with Gasteiger partial charge in [-0.2, -0.15) is 24.9 Å². The molecule has 0 heterocycles. The van der Waals surface area contributed by atoms with Crippen LogP contribution in [0.1, 0.15) is 49.9 Å². The van der Waals surface area contributed by atoms with Crippen molar-refractivity contribution in [3.05, 3.63) is 60.2 Å². The number of carbonyl (C=O) groups excluding carboxylic acids is 5. The molecule has 0 bridgehead atoms. The first kappa shape index (κ1) is 39.9. The molecular formula is C31H42F3N5O6S. The average Bonchev–Trinajstić information content (AvgIpc) is 3.02. The summed E-state index contributed by atoms with van der Waals surface area (Å²) in [6.45, 7) is 3.04. The van der Waals surface area contributed by atoms with Crippen LogP contribution < -0.4 is 27.0 Å². The predicted molar refractivity (Wildman–Crippen MR) is 171 cm³/mol. The highest BCUT2D eigenvalue weighted by molar-refractivity contribution is 7.98. The summed E-state index contributed by atoms with van der Waals surface area (Å²) >= 11 is 1.38. The Morgan fingerprint density at radius 2 is 1.39 bits per heavy atom. The van der Waals surface area contributed by atoms with Crippen molar-refractivity contribution in [2.75, 3.05) is 25.1 Å². The summed E-state index contributed by atoms with van der Waals surface area (Å²) in [5.74, 6) is -3.52. The lowest BCUT2D eigenvalue weighted by Gasteiger charge is -2.26. The molecule has 0 aliphatic heterocycles. The number of nitrogens with two attached hydrogens (primary N) is 1. The third kappa shape index (κ3) is 15.3. The van der Waals surface area contributed by atoms with Gasteiger partial charge in [-0.1, -0.05) is 62.7 Å². The van der Waals surface area contributed by atoms with Crippen molar-refractivity contribution in [2.24, 2.45) is 5.73 Å². The van der Waals surface area contributed by atoms with E-state index in [0.717, 1.165) is 11.1 Å². The number of hydrogen-bond acceptors (Lipinski definition) is 7. The van der Waals surface area contributed by atoms with E-state index in [4.69, 9.17) is 5.73 Å². The molecule has 0 radical (unpaired) electrons. The first-order valence-corrected chi connectivity index (χ1v) is 15.9. The third-order valence-corrected chi connectivity index (χ3v) is 6.76. The van der Waals surface area contributed by atoms with E-state index < -0.39 is 79.8 Å². The molecular weight excluding hydrogens is 627 g/mol. The molecule has 0 saturated heterocycles. The molecule has 0 aliphatic carbocycles. The number of aliphatic hydroxyl groups excluding tert-OH is 1. The Morgan fingerprint density at radius 3 is 1.93 bits per heavy atom. The molecule has 254 valence electrons. The summed E-state index contributed by atoms with van der Waals surface area (Å²) in [6.07, 6.45) is -5.97. The number of hydrogen-bond donors (Lipinski definition) is 6. The first-order chi connectivity index (χ1) is 21.7. The number of rotatable bonds is 16. The van der Waals surface area contributed by atoms with Crippen LogP contribution in [-0.2, 0) is 19.2 Å². The van der Waals surface area contributed by atoms with Crippen LogP contribution in [0.25, 0.3) is 11.1 Å². The molecule has 0 saturated carbocycles. The van der Waals surface area contributed by atoms with Crippen molar-refractivity contribution < 1.29 is 42.3 Å². The molecule has 5 amide bonds. The zero-order valence-electron chi connectivity index (χ0n) is 26.0. The fourth-order valence-corrected chi connectivity index (χ4v) is 4.31. The van der Waals surface area contributed by atoms with Gasteiger partial charge >= 0.3 is 6.18 Å². The van der Waals surface area contributed by atoms with Crippen LogP contribution in [-0.4, -0.2) is 84.1 Å². The largest absolute Gasteiger partial charge is 0.416 e. The molecule has 11 nitrogen and oxygen atoms in total. The van der Waals surface area contributed by atoms with Crippen molar-refractivity contribution >= 4 is 41.3 Å². The third-order valence-electron chi connectivity index (χ3n) is 6.11. The van der Waals surface area contributed by atoms with E-state index in [2.05, 4.69) is 29.8 Å². The molecule has 0 aromatic heterocycles. The minimum atomic E-state index is -5.08. The van der Waals surface area contributed by atoms with Gasteiger partial charge in [0.25, 0.3) is 5.91 Å². The topological polar surface area (TPSA) is 180 Å². The molecule has 2 aromatic rings. The molecule has 15 heteroatoms. The molecule has 3 atom stereocenters. The molecule has 46 heavy (non-hydrogen) atoms.